The second-order valence-electron chi connectivity index (χ2n) is 7.42. The number of carbonyl (C=O) groups excluding carboxylic acids is 3. The van der Waals surface area contributed by atoms with Crippen LogP contribution in [0.1, 0.15) is 48.4 Å². The zero-order valence-corrected chi connectivity index (χ0v) is 18.5. The molecular formula is C24H30N2O5. The average molecular weight is 427 g/mol. The number of hydrogen-bond donors (Lipinski definition) is 1. The molecule has 31 heavy (non-hydrogen) atoms. The number of anilines is 1. The van der Waals surface area contributed by atoms with Crippen LogP contribution in [0.4, 0.5) is 5.69 Å². The molecule has 0 aliphatic heterocycles. The minimum atomic E-state index is -0.615. The van der Waals surface area contributed by atoms with Gasteiger partial charge in [-0.1, -0.05) is 26.0 Å². The Morgan fingerprint density at radius 2 is 1.65 bits per heavy atom. The molecule has 0 aromatic heterocycles. The summed E-state index contributed by atoms with van der Waals surface area (Å²) in [6.45, 7) is 9.19. The van der Waals surface area contributed by atoms with E-state index in [0.29, 0.717) is 48.2 Å². The van der Waals surface area contributed by atoms with Crippen molar-refractivity contribution in [3.05, 3.63) is 59.7 Å². The Bertz CT molecular complexity index is 906. The van der Waals surface area contributed by atoms with Crippen molar-refractivity contribution in [3.8, 4) is 5.75 Å². The summed E-state index contributed by atoms with van der Waals surface area (Å²) in [4.78, 5) is 38.6. The van der Waals surface area contributed by atoms with Crippen LogP contribution in [0, 0.1) is 5.92 Å². The molecule has 0 bridgehead atoms. The van der Waals surface area contributed by atoms with Crippen LogP contribution in [0.5, 0.6) is 5.75 Å². The topological polar surface area (TPSA) is 84.9 Å². The number of benzene rings is 2. The third-order valence-corrected chi connectivity index (χ3v) is 4.43. The van der Waals surface area contributed by atoms with E-state index in [1.165, 1.54) is 0 Å². The fourth-order valence-electron chi connectivity index (χ4n) is 2.81. The second kappa shape index (κ2) is 11.7. The first-order valence-corrected chi connectivity index (χ1v) is 10.4. The Morgan fingerprint density at radius 1 is 0.968 bits per heavy atom. The fraction of sp³-hybridized carbons (Fsp3) is 0.375. The lowest BCUT2D eigenvalue weighted by atomic mass is 10.1. The standard InChI is InChI=1S/C24H30N2O5/c1-5-26(6-2)23(28)18-9-7-11-20(13-18)25-22(27)16-31-24(29)19-10-8-12-21(14-19)30-15-17(3)4/h7-14,17H,5-6,15-16H2,1-4H3,(H,25,27). The lowest BCUT2D eigenvalue weighted by Gasteiger charge is -2.19. The van der Waals surface area contributed by atoms with Gasteiger partial charge in [-0.2, -0.15) is 0 Å². The molecule has 0 radical (unpaired) electrons. The molecule has 0 fully saturated rings. The maximum atomic E-state index is 12.5. The van der Waals surface area contributed by atoms with E-state index in [-0.39, 0.29) is 5.91 Å². The van der Waals surface area contributed by atoms with Gasteiger partial charge in [-0.05, 0) is 56.2 Å². The lowest BCUT2D eigenvalue weighted by Crippen LogP contribution is -2.30. The predicted molar refractivity (Wildman–Crippen MR) is 119 cm³/mol. The molecule has 2 aromatic carbocycles. The second-order valence-corrected chi connectivity index (χ2v) is 7.42. The highest BCUT2D eigenvalue weighted by atomic mass is 16.5. The Kier molecular flexibility index (Phi) is 9.06. The van der Waals surface area contributed by atoms with Crippen LogP contribution < -0.4 is 10.1 Å². The number of hydrogen-bond acceptors (Lipinski definition) is 5. The summed E-state index contributed by atoms with van der Waals surface area (Å²) >= 11 is 0. The van der Waals surface area contributed by atoms with Gasteiger partial charge in [-0.25, -0.2) is 4.79 Å². The van der Waals surface area contributed by atoms with E-state index >= 15 is 0 Å². The highest BCUT2D eigenvalue weighted by molar-refractivity contribution is 5.98. The minimum Gasteiger partial charge on any atom is -0.493 e. The van der Waals surface area contributed by atoms with Crippen LogP contribution >= 0.6 is 0 Å². The molecule has 7 heteroatoms. The molecule has 2 amide bonds. The summed E-state index contributed by atoms with van der Waals surface area (Å²) in [5.74, 6) is -0.280. The molecule has 0 saturated heterocycles. The van der Waals surface area contributed by atoms with Gasteiger partial charge < -0.3 is 19.7 Å². The number of esters is 1. The quantitative estimate of drug-likeness (QED) is 0.581. The lowest BCUT2D eigenvalue weighted by molar-refractivity contribution is -0.119. The van der Waals surface area contributed by atoms with Gasteiger partial charge in [0, 0.05) is 24.3 Å². The fourth-order valence-corrected chi connectivity index (χ4v) is 2.81. The van der Waals surface area contributed by atoms with Crippen molar-refractivity contribution in [3.63, 3.8) is 0 Å². The molecule has 0 unspecified atom stereocenters. The normalized spacial score (nSPS) is 10.5. The van der Waals surface area contributed by atoms with Gasteiger partial charge >= 0.3 is 5.97 Å². The summed E-state index contributed by atoms with van der Waals surface area (Å²) in [5, 5.41) is 2.65. The maximum Gasteiger partial charge on any atom is 0.338 e. The maximum absolute atomic E-state index is 12.5. The first-order valence-electron chi connectivity index (χ1n) is 10.4. The monoisotopic (exact) mass is 426 g/mol. The molecular weight excluding hydrogens is 396 g/mol. The van der Waals surface area contributed by atoms with Crippen LogP contribution in [0.15, 0.2) is 48.5 Å². The molecule has 7 nitrogen and oxygen atoms in total. The number of nitrogens with zero attached hydrogens (tertiary/aromatic N) is 1. The molecule has 0 spiro atoms. The molecule has 0 atom stereocenters. The molecule has 166 valence electrons. The van der Waals surface area contributed by atoms with Gasteiger partial charge in [-0.15, -0.1) is 0 Å². The van der Waals surface area contributed by atoms with E-state index < -0.39 is 18.5 Å². The average Bonchev–Trinajstić information content (AvgIpc) is 2.77. The van der Waals surface area contributed by atoms with E-state index in [4.69, 9.17) is 9.47 Å². The van der Waals surface area contributed by atoms with Crippen LogP contribution in [0.2, 0.25) is 0 Å². The highest BCUT2D eigenvalue weighted by Crippen LogP contribution is 2.16. The zero-order valence-electron chi connectivity index (χ0n) is 18.5. The molecule has 0 aliphatic rings. The smallest absolute Gasteiger partial charge is 0.338 e. The van der Waals surface area contributed by atoms with E-state index in [0.717, 1.165) is 0 Å². The minimum absolute atomic E-state index is 0.105. The van der Waals surface area contributed by atoms with Crippen LogP contribution in [0.25, 0.3) is 0 Å². The molecule has 0 heterocycles. The van der Waals surface area contributed by atoms with E-state index in [9.17, 15) is 14.4 Å². The third kappa shape index (κ3) is 7.44. The van der Waals surface area contributed by atoms with Crippen molar-refractivity contribution in [2.45, 2.75) is 27.7 Å². The number of nitrogens with one attached hydrogen (secondary N) is 1. The molecule has 2 rings (SSSR count). The van der Waals surface area contributed by atoms with Crippen LogP contribution in [-0.4, -0.2) is 49.0 Å². The highest BCUT2D eigenvalue weighted by Gasteiger charge is 2.15. The van der Waals surface area contributed by atoms with E-state index in [1.54, 1.807) is 53.4 Å². The molecule has 0 saturated carbocycles. The van der Waals surface area contributed by atoms with Gasteiger partial charge in [0.25, 0.3) is 11.8 Å². The Balaban J connectivity index is 1.92. The summed E-state index contributed by atoms with van der Waals surface area (Å²) in [5.41, 5.74) is 1.25. The third-order valence-electron chi connectivity index (χ3n) is 4.43. The van der Waals surface area contributed by atoms with Crippen molar-refractivity contribution in [2.24, 2.45) is 5.92 Å². The summed E-state index contributed by atoms with van der Waals surface area (Å²) in [7, 11) is 0. The largest absolute Gasteiger partial charge is 0.493 e. The SMILES string of the molecule is CCN(CC)C(=O)c1cccc(NC(=O)COC(=O)c2cccc(OCC(C)C)c2)c1. The van der Waals surface area contributed by atoms with Crippen LogP contribution in [0.3, 0.4) is 0 Å². The van der Waals surface area contributed by atoms with Gasteiger partial charge in [0.05, 0.1) is 12.2 Å². The summed E-state index contributed by atoms with van der Waals surface area (Å²) < 4.78 is 10.7. The summed E-state index contributed by atoms with van der Waals surface area (Å²) in [6, 6.07) is 13.3. The Hall–Kier alpha value is -3.35. The summed E-state index contributed by atoms with van der Waals surface area (Å²) in [6.07, 6.45) is 0. The van der Waals surface area contributed by atoms with Crippen LogP contribution in [-0.2, 0) is 9.53 Å². The van der Waals surface area contributed by atoms with Crippen molar-refractivity contribution in [1.29, 1.82) is 0 Å². The number of ether oxygens (including phenoxy) is 2. The predicted octanol–water partition coefficient (Wildman–Crippen LogP) is 4.00. The Morgan fingerprint density at radius 3 is 2.32 bits per heavy atom. The van der Waals surface area contributed by atoms with Gasteiger partial charge in [0.1, 0.15) is 5.75 Å². The molecule has 2 aromatic rings. The van der Waals surface area contributed by atoms with E-state index in [2.05, 4.69) is 5.32 Å². The molecule has 0 aliphatic carbocycles. The number of rotatable bonds is 10. The van der Waals surface area contributed by atoms with E-state index in [1.807, 2.05) is 27.7 Å². The first kappa shape index (κ1) is 23.9. The van der Waals surface area contributed by atoms with Gasteiger partial charge in [0.2, 0.25) is 0 Å². The first-order chi connectivity index (χ1) is 14.8. The van der Waals surface area contributed by atoms with Crippen molar-refractivity contribution >= 4 is 23.5 Å². The number of amides is 2. The zero-order chi connectivity index (χ0) is 22.8. The number of carbonyl (C=O) groups is 3. The van der Waals surface area contributed by atoms with Crippen molar-refractivity contribution in [2.75, 3.05) is 31.6 Å². The van der Waals surface area contributed by atoms with Gasteiger partial charge in [-0.3, -0.25) is 9.59 Å². The van der Waals surface area contributed by atoms with Gasteiger partial charge in [0.15, 0.2) is 6.61 Å². The van der Waals surface area contributed by atoms with Crippen molar-refractivity contribution in [1.82, 2.24) is 4.90 Å². The Labute approximate surface area is 183 Å². The van der Waals surface area contributed by atoms with Crippen molar-refractivity contribution < 1.29 is 23.9 Å². The molecule has 1 N–H and O–H groups in total.